The van der Waals surface area contributed by atoms with E-state index >= 15 is 0 Å². The van der Waals surface area contributed by atoms with Crippen molar-refractivity contribution in [1.29, 1.82) is 0 Å². The average molecular weight is 456 g/mol. The second-order valence-electron chi connectivity index (χ2n) is 8.92. The molecule has 1 N–H and O–H groups in total. The molecule has 2 unspecified atom stereocenters. The molecule has 0 bridgehead atoms. The molecular formula is C30H30FNO2. The van der Waals surface area contributed by atoms with Gasteiger partial charge in [0.2, 0.25) is 0 Å². The van der Waals surface area contributed by atoms with Crippen LogP contribution >= 0.6 is 0 Å². The molecule has 34 heavy (non-hydrogen) atoms. The van der Waals surface area contributed by atoms with Crippen LogP contribution in [0.25, 0.3) is 10.8 Å². The minimum atomic E-state index is -0.437. The molecule has 1 aliphatic heterocycles. The second-order valence-corrected chi connectivity index (χ2v) is 8.92. The van der Waals surface area contributed by atoms with E-state index in [4.69, 9.17) is 9.47 Å². The lowest BCUT2D eigenvalue weighted by Crippen LogP contribution is -2.41. The highest BCUT2D eigenvalue weighted by molar-refractivity contribution is 5.89. The maximum Gasteiger partial charge on any atom is 0.127 e. The third-order valence-electron chi connectivity index (χ3n) is 6.54. The Morgan fingerprint density at radius 3 is 2.50 bits per heavy atom. The van der Waals surface area contributed by atoms with E-state index in [1.165, 1.54) is 0 Å². The number of piperidine rings is 1. The summed E-state index contributed by atoms with van der Waals surface area (Å²) in [5, 5.41) is 5.69. The molecule has 1 saturated heterocycles. The molecule has 4 aromatic rings. The third-order valence-corrected chi connectivity index (χ3v) is 6.54. The summed E-state index contributed by atoms with van der Waals surface area (Å²) in [5.74, 6) is 1.12. The van der Waals surface area contributed by atoms with Crippen molar-refractivity contribution in [3.05, 3.63) is 113 Å². The van der Waals surface area contributed by atoms with E-state index in [0.29, 0.717) is 13.2 Å². The van der Waals surface area contributed by atoms with Gasteiger partial charge in [-0.1, -0.05) is 78.9 Å². The fourth-order valence-electron chi connectivity index (χ4n) is 4.77. The molecule has 0 saturated carbocycles. The molecule has 4 aromatic carbocycles. The normalized spacial score (nSPS) is 18.1. The van der Waals surface area contributed by atoms with Gasteiger partial charge in [-0.3, -0.25) is 0 Å². The molecule has 0 spiro atoms. The standard InChI is InChI=1S/C30H30FNO2/c31-18-23-9-6-11-26(15-23)28-13-14-32-19-30(28)34-21-24-16-25-10-4-5-12-27(25)29(17-24)33-20-22-7-2-1-3-8-22/h1-12,15-17,28,30,32H,13-14,18-21H2. The van der Waals surface area contributed by atoms with Crippen LogP contribution < -0.4 is 10.1 Å². The quantitative estimate of drug-likeness (QED) is 0.327. The van der Waals surface area contributed by atoms with Crippen LogP contribution in [-0.4, -0.2) is 19.2 Å². The summed E-state index contributed by atoms with van der Waals surface area (Å²) in [4.78, 5) is 0. The highest BCUT2D eigenvalue weighted by Crippen LogP contribution is 2.32. The van der Waals surface area contributed by atoms with Gasteiger partial charge in [0, 0.05) is 17.8 Å². The summed E-state index contributed by atoms with van der Waals surface area (Å²) in [5.41, 5.74) is 4.11. The number of hydrogen-bond donors (Lipinski definition) is 1. The molecular weight excluding hydrogens is 425 g/mol. The SMILES string of the molecule is FCc1cccc(C2CCNCC2OCc2cc(OCc3ccccc3)c3ccccc3c2)c1. The summed E-state index contributed by atoms with van der Waals surface area (Å²) >= 11 is 0. The smallest absolute Gasteiger partial charge is 0.127 e. The first kappa shape index (κ1) is 22.6. The van der Waals surface area contributed by atoms with E-state index < -0.39 is 6.67 Å². The van der Waals surface area contributed by atoms with Gasteiger partial charge in [-0.15, -0.1) is 0 Å². The molecule has 4 heteroatoms. The third kappa shape index (κ3) is 5.30. The van der Waals surface area contributed by atoms with Crippen molar-refractivity contribution in [3.8, 4) is 5.75 Å². The monoisotopic (exact) mass is 455 g/mol. The largest absolute Gasteiger partial charge is 0.488 e. The van der Waals surface area contributed by atoms with E-state index in [1.54, 1.807) is 0 Å². The van der Waals surface area contributed by atoms with E-state index in [-0.39, 0.29) is 12.0 Å². The summed E-state index contributed by atoms with van der Waals surface area (Å²) in [7, 11) is 0. The Hall–Kier alpha value is -3.21. The van der Waals surface area contributed by atoms with Crippen LogP contribution in [0.1, 0.15) is 34.6 Å². The summed E-state index contributed by atoms with van der Waals surface area (Å²) in [6, 6.07) is 30.7. The van der Waals surface area contributed by atoms with Crippen molar-refractivity contribution in [2.45, 2.75) is 38.3 Å². The molecule has 5 rings (SSSR count). The Balaban J connectivity index is 1.34. The van der Waals surface area contributed by atoms with Gasteiger partial charge in [0.1, 0.15) is 19.0 Å². The number of alkyl halides is 1. The molecule has 1 heterocycles. The molecule has 1 fully saturated rings. The van der Waals surface area contributed by atoms with E-state index in [2.05, 4.69) is 47.8 Å². The molecule has 3 nitrogen and oxygen atoms in total. The maximum absolute atomic E-state index is 13.2. The van der Waals surface area contributed by atoms with Crippen molar-refractivity contribution in [1.82, 2.24) is 5.32 Å². The lowest BCUT2D eigenvalue weighted by molar-refractivity contribution is 0.0105. The van der Waals surface area contributed by atoms with Crippen molar-refractivity contribution in [2.24, 2.45) is 0 Å². The summed E-state index contributed by atoms with van der Waals surface area (Å²) in [6.45, 7) is 2.31. The second kappa shape index (κ2) is 10.8. The van der Waals surface area contributed by atoms with Gasteiger partial charge < -0.3 is 14.8 Å². The van der Waals surface area contributed by atoms with Crippen LogP contribution in [-0.2, 0) is 24.6 Å². The van der Waals surface area contributed by atoms with Crippen LogP contribution in [0.2, 0.25) is 0 Å². The summed E-state index contributed by atoms with van der Waals surface area (Å²) < 4.78 is 25.9. The number of benzene rings is 4. The predicted octanol–water partition coefficient (Wildman–Crippen LogP) is 6.55. The Morgan fingerprint density at radius 2 is 1.62 bits per heavy atom. The zero-order chi connectivity index (χ0) is 23.2. The fraction of sp³-hybridized carbons (Fsp3) is 0.267. The maximum atomic E-state index is 13.2. The van der Waals surface area contributed by atoms with Gasteiger partial charge >= 0.3 is 0 Å². The Bertz CT molecular complexity index is 1230. The molecule has 0 aliphatic carbocycles. The predicted molar refractivity (Wildman–Crippen MR) is 135 cm³/mol. The van der Waals surface area contributed by atoms with Crippen molar-refractivity contribution in [3.63, 3.8) is 0 Å². The van der Waals surface area contributed by atoms with E-state index in [1.807, 2.05) is 48.5 Å². The van der Waals surface area contributed by atoms with Gasteiger partial charge in [-0.25, -0.2) is 4.39 Å². The van der Waals surface area contributed by atoms with Crippen LogP contribution in [0, 0.1) is 0 Å². The van der Waals surface area contributed by atoms with E-state index in [9.17, 15) is 4.39 Å². The van der Waals surface area contributed by atoms with Gasteiger partial charge in [0.05, 0.1) is 12.7 Å². The van der Waals surface area contributed by atoms with Crippen molar-refractivity contribution < 1.29 is 13.9 Å². The number of fused-ring (bicyclic) bond motifs is 1. The zero-order valence-electron chi connectivity index (χ0n) is 19.3. The lowest BCUT2D eigenvalue weighted by atomic mass is 9.87. The van der Waals surface area contributed by atoms with Crippen LogP contribution in [0.4, 0.5) is 4.39 Å². The molecule has 174 valence electrons. The minimum Gasteiger partial charge on any atom is -0.488 e. The van der Waals surface area contributed by atoms with Gasteiger partial charge in [-0.2, -0.15) is 0 Å². The Kier molecular flexibility index (Phi) is 7.18. The first-order valence-electron chi connectivity index (χ1n) is 12.0. The number of nitrogens with one attached hydrogen (secondary N) is 1. The fourth-order valence-corrected chi connectivity index (χ4v) is 4.77. The molecule has 0 radical (unpaired) electrons. The minimum absolute atomic E-state index is 0.0313. The van der Waals surface area contributed by atoms with Crippen LogP contribution in [0.5, 0.6) is 5.75 Å². The lowest BCUT2D eigenvalue weighted by Gasteiger charge is -2.33. The average Bonchev–Trinajstić information content (AvgIpc) is 2.91. The molecule has 1 aliphatic rings. The van der Waals surface area contributed by atoms with Crippen molar-refractivity contribution >= 4 is 10.8 Å². The highest BCUT2D eigenvalue weighted by Gasteiger charge is 2.27. The van der Waals surface area contributed by atoms with Gasteiger partial charge in [-0.05, 0) is 52.7 Å². The summed E-state index contributed by atoms with van der Waals surface area (Å²) in [6.07, 6.45) is 1.01. The Morgan fingerprint density at radius 1 is 0.794 bits per heavy atom. The van der Waals surface area contributed by atoms with Crippen molar-refractivity contribution in [2.75, 3.05) is 13.1 Å². The molecule has 0 amide bonds. The van der Waals surface area contributed by atoms with E-state index in [0.717, 1.165) is 58.3 Å². The first-order chi connectivity index (χ1) is 16.8. The van der Waals surface area contributed by atoms with Gasteiger partial charge in [0.15, 0.2) is 0 Å². The van der Waals surface area contributed by atoms with Crippen LogP contribution in [0.3, 0.4) is 0 Å². The molecule has 2 atom stereocenters. The topological polar surface area (TPSA) is 30.5 Å². The highest BCUT2D eigenvalue weighted by atomic mass is 19.1. The first-order valence-corrected chi connectivity index (χ1v) is 12.0. The number of halogens is 1. The van der Waals surface area contributed by atoms with Crippen LogP contribution in [0.15, 0.2) is 91.0 Å². The molecule has 0 aromatic heterocycles. The van der Waals surface area contributed by atoms with Gasteiger partial charge in [0.25, 0.3) is 0 Å². The number of hydrogen-bond acceptors (Lipinski definition) is 3. The Labute approximate surface area is 200 Å². The zero-order valence-corrected chi connectivity index (χ0v) is 19.3. The number of rotatable bonds is 8. The number of ether oxygens (including phenoxy) is 2.